The van der Waals surface area contributed by atoms with Gasteiger partial charge in [0.15, 0.2) is 0 Å². The first-order chi connectivity index (χ1) is 7.40. The van der Waals surface area contributed by atoms with E-state index in [2.05, 4.69) is 22.2 Å². The van der Waals surface area contributed by atoms with Crippen LogP contribution >= 0.6 is 0 Å². The summed E-state index contributed by atoms with van der Waals surface area (Å²) < 4.78 is 0. The van der Waals surface area contributed by atoms with Crippen molar-refractivity contribution in [3.63, 3.8) is 0 Å². The molecule has 1 saturated carbocycles. The van der Waals surface area contributed by atoms with Crippen molar-refractivity contribution in [1.29, 1.82) is 0 Å². The third-order valence-electron chi connectivity index (χ3n) is 2.95. The molecule has 3 heteroatoms. The van der Waals surface area contributed by atoms with E-state index in [9.17, 15) is 0 Å². The molecule has 1 atom stereocenters. The summed E-state index contributed by atoms with van der Waals surface area (Å²) in [6.07, 6.45) is 10.8. The number of hydrogen-bond acceptors (Lipinski definition) is 3. The van der Waals surface area contributed by atoms with Crippen molar-refractivity contribution in [2.75, 3.05) is 6.54 Å². The normalized spacial score (nSPS) is 17.7. The van der Waals surface area contributed by atoms with Crippen LogP contribution in [-0.2, 0) is 0 Å². The Hall–Kier alpha value is -0.960. The van der Waals surface area contributed by atoms with Crippen LogP contribution in [0.5, 0.6) is 0 Å². The molecule has 0 amide bonds. The first-order valence-electron chi connectivity index (χ1n) is 5.89. The molecule has 1 aromatic heterocycles. The van der Waals surface area contributed by atoms with Crippen LogP contribution < -0.4 is 5.32 Å². The summed E-state index contributed by atoms with van der Waals surface area (Å²) >= 11 is 0. The Morgan fingerprint density at radius 1 is 1.47 bits per heavy atom. The van der Waals surface area contributed by atoms with E-state index in [1.165, 1.54) is 25.7 Å². The highest BCUT2D eigenvalue weighted by atomic mass is 14.9. The van der Waals surface area contributed by atoms with Gasteiger partial charge in [0.25, 0.3) is 0 Å². The smallest absolute Gasteiger partial charge is 0.0756 e. The summed E-state index contributed by atoms with van der Waals surface area (Å²) in [7, 11) is 0. The zero-order valence-electron chi connectivity index (χ0n) is 9.32. The molecule has 0 radical (unpaired) electrons. The first kappa shape index (κ1) is 10.6. The van der Waals surface area contributed by atoms with Crippen molar-refractivity contribution >= 4 is 0 Å². The lowest BCUT2D eigenvalue weighted by molar-refractivity contribution is 0.471. The van der Waals surface area contributed by atoms with Crippen LogP contribution in [0.3, 0.4) is 0 Å². The molecule has 1 heterocycles. The predicted octanol–water partition coefficient (Wildman–Crippen LogP) is 2.32. The number of nitrogens with one attached hydrogen (secondary N) is 1. The van der Waals surface area contributed by atoms with Crippen molar-refractivity contribution in [3.05, 3.63) is 24.3 Å². The fourth-order valence-electron chi connectivity index (χ4n) is 1.90. The van der Waals surface area contributed by atoms with Gasteiger partial charge >= 0.3 is 0 Å². The second-order valence-corrected chi connectivity index (χ2v) is 4.26. The van der Waals surface area contributed by atoms with Gasteiger partial charge in [-0.2, -0.15) is 0 Å². The summed E-state index contributed by atoms with van der Waals surface area (Å²) in [6, 6.07) is 0.393. The Bertz CT molecular complexity index is 282. The van der Waals surface area contributed by atoms with Gasteiger partial charge in [-0.1, -0.05) is 19.8 Å². The Labute approximate surface area is 91.3 Å². The molecule has 0 aliphatic heterocycles. The molecule has 82 valence electrons. The summed E-state index contributed by atoms with van der Waals surface area (Å²) in [5, 5.41) is 3.48. The van der Waals surface area contributed by atoms with E-state index in [0.29, 0.717) is 6.04 Å². The summed E-state index contributed by atoms with van der Waals surface area (Å²) in [4.78, 5) is 8.50. The first-order valence-corrected chi connectivity index (χ1v) is 5.89. The Balaban J connectivity index is 1.91. The molecule has 1 aromatic rings. The third-order valence-corrected chi connectivity index (χ3v) is 2.95. The second kappa shape index (κ2) is 5.21. The molecular weight excluding hydrogens is 186 g/mol. The SMILES string of the molecule is CCNC(CCC1CC1)c1cnccn1. The van der Waals surface area contributed by atoms with Gasteiger partial charge in [-0.3, -0.25) is 9.97 Å². The number of aromatic nitrogens is 2. The number of hydrogen-bond donors (Lipinski definition) is 1. The van der Waals surface area contributed by atoms with Crippen LogP contribution in [0.1, 0.15) is 44.3 Å². The Kier molecular flexibility index (Phi) is 3.67. The molecule has 1 N–H and O–H groups in total. The van der Waals surface area contributed by atoms with E-state index in [1.54, 1.807) is 12.4 Å². The largest absolute Gasteiger partial charge is 0.309 e. The fourth-order valence-corrected chi connectivity index (χ4v) is 1.90. The molecule has 0 aromatic carbocycles. The molecule has 1 aliphatic carbocycles. The van der Waals surface area contributed by atoms with Crippen LogP contribution in [0.4, 0.5) is 0 Å². The third kappa shape index (κ3) is 3.27. The van der Waals surface area contributed by atoms with Crippen molar-refractivity contribution in [1.82, 2.24) is 15.3 Å². The predicted molar refractivity (Wildman–Crippen MR) is 60.4 cm³/mol. The molecule has 0 spiro atoms. The highest BCUT2D eigenvalue weighted by Gasteiger charge is 2.23. The lowest BCUT2D eigenvalue weighted by Gasteiger charge is -2.16. The van der Waals surface area contributed by atoms with Gasteiger partial charge in [0.1, 0.15) is 0 Å². The maximum Gasteiger partial charge on any atom is 0.0756 e. The van der Waals surface area contributed by atoms with Crippen molar-refractivity contribution in [2.24, 2.45) is 5.92 Å². The highest BCUT2D eigenvalue weighted by molar-refractivity contribution is 5.02. The standard InChI is InChI=1S/C12H19N3/c1-2-14-11(6-5-10-3-4-10)12-9-13-7-8-15-12/h7-11,14H,2-6H2,1H3. The second-order valence-electron chi connectivity index (χ2n) is 4.26. The van der Waals surface area contributed by atoms with E-state index in [4.69, 9.17) is 0 Å². The average Bonchev–Trinajstić information content (AvgIpc) is 3.09. The van der Waals surface area contributed by atoms with Crippen LogP contribution in [0.15, 0.2) is 18.6 Å². The molecule has 1 unspecified atom stereocenters. The maximum absolute atomic E-state index is 4.37. The van der Waals surface area contributed by atoms with Crippen molar-refractivity contribution in [2.45, 2.75) is 38.6 Å². The summed E-state index contributed by atoms with van der Waals surface area (Å²) in [5.41, 5.74) is 1.08. The van der Waals surface area contributed by atoms with Crippen LogP contribution in [-0.4, -0.2) is 16.5 Å². The van der Waals surface area contributed by atoms with E-state index >= 15 is 0 Å². The molecule has 3 nitrogen and oxygen atoms in total. The Morgan fingerprint density at radius 2 is 2.33 bits per heavy atom. The topological polar surface area (TPSA) is 37.8 Å². The van der Waals surface area contributed by atoms with Crippen LogP contribution in [0.2, 0.25) is 0 Å². The molecule has 0 bridgehead atoms. The molecule has 2 rings (SSSR count). The molecule has 1 aliphatic rings. The Morgan fingerprint density at radius 3 is 2.93 bits per heavy atom. The van der Waals surface area contributed by atoms with Gasteiger partial charge in [-0.05, 0) is 25.3 Å². The molecule has 1 fully saturated rings. The average molecular weight is 205 g/mol. The monoisotopic (exact) mass is 205 g/mol. The number of rotatable bonds is 6. The quantitative estimate of drug-likeness (QED) is 0.774. The van der Waals surface area contributed by atoms with Gasteiger partial charge in [0, 0.05) is 18.6 Å². The van der Waals surface area contributed by atoms with Crippen LogP contribution in [0.25, 0.3) is 0 Å². The minimum Gasteiger partial charge on any atom is -0.309 e. The zero-order chi connectivity index (χ0) is 10.5. The highest BCUT2D eigenvalue weighted by Crippen LogP contribution is 2.35. The summed E-state index contributed by atoms with van der Waals surface area (Å²) in [6.45, 7) is 3.13. The zero-order valence-corrected chi connectivity index (χ0v) is 9.32. The van der Waals surface area contributed by atoms with Gasteiger partial charge in [-0.15, -0.1) is 0 Å². The van der Waals surface area contributed by atoms with Crippen LogP contribution in [0, 0.1) is 5.92 Å². The van der Waals surface area contributed by atoms with Crippen molar-refractivity contribution in [3.8, 4) is 0 Å². The number of nitrogens with zero attached hydrogens (tertiary/aromatic N) is 2. The minimum absolute atomic E-state index is 0.393. The maximum atomic E-state index is 4.37. The van der Waals surface area contributed by atoms with Gasteiger partial charge in [0.2, 0.25) is 0 Å². The molecule has 0 saturated heterocycles. The minimum atomic E-state index is 0.393. The lowest BCUT2D eigenvalue weighted by Crippen LogP contribution is -2.22. The van der Waals surface area contributed by atoms with Crippen molar-refractivity contribution < 1.29 is 0 Å². The molecule has 15 heavy (non-hydrogen) atoms. The lowest BCUT2D eigenvalue weighted by atomic mass is 10.1. The van der Waals surface area contributed by atoms with Gasteiger partial charge < -0.3 is 5.32 Å². The van der Waals surface area contributed by atoms with E-state index in [-0.39, 0.29) is 0 Å². The van der Waals surface area contributed by atoms with Gasteiger partial charge in [0.05, 0.1) is 11.7 Å². The van der Waals surface area contributed by atoms with Gasteiger partial charge in [-0.25, -0.2) is 0 Å². The van der Waals surface area contributed by atoms with E-state index in [1.807, 2.05) is 6.20 Å². The van der Waals surface area contributed by atoms with E-state index in [0.717, 1.165) is 18.2 Å². The molecular formula is C12H19N3. The fraction of sp³-hybridized carbons (Fsp3) is 0.667. The summed E-state index contributed by atoms with van der Waals surface area (Å²) in [5.74, 6) is 0.989. The van der Waals surface area contributed by atoms with E-state index < -0.39 is 0 Å².